The van der Waals surface area contributed by atoms with Crippen LogP contribution in [0.15, 0.2) is 42.5 Å². The average molecular weight is 432 g/mol. The predicted molar refractivity (Wildman–Crippen MR) is 116 cm³/mol. The molecular formula is C23H27ClFN3O2. The minimum atomic E-state index is -0.588. The molecule has 0 spiro atoms. The van der Waals surface area contributed by atoms with Crippen LogP contribution >= 0.6 is 11.6 Å². The summed E-state index contributed by atoms with van der Waals surface area (Å²) >= 11 is 5.76. The monoisotopic (exact) mass is 431 g/mol. The SMILES string of the molecule is CCc1ccc(CN(C)C(=O)CC2C(=O)NCCN2Cc2ccc(Cl)c(F)c2)cc1. The highest BCUT2D eigenvalue weighted by molar-refractivity contribution is 6.30. The van der Waals surface area contributed by atoms with E-state index in [9.17, 15) is 14.0 Å². The number of aryl methyl sites for hydroxylation is 1. The highest BCUT2D eigenvalue weighted by Gasteiger charge is 2.32. The van der Waals surface area contributed by atoms with Crippen molar-refractivity contribution in [2.45, 2.75) is 38.9 Å². The summed E-state index contributed by atoms with van der Waals surface area (Å²) in [5.74, 6) is -0.772. The standard InChI is InChI=1S/C23H27ClFN3O2/c1-3-16-4-6-17(7-5-16)14-27(2)22(29)13-21-23(30)26-10-11-28(21)15-18-8-9-19(24)20(25)12-18/h4-9,12,21H,3,10-11,13-15H2,1-2H3,(H,26,30). The fraction of sp³-hybridized carbons (Fsp3) is 0.391. The maximum atomic E-state index is 13.8. The molecule has 0 bridgehead atoms. The molecule has 5 nitrogen and oxygen atoms in total. The van der Waals surface area contributed by atoms with Gasteiger partial charge in [-0.05, 0) is 35.2 Å². The van der Waals surface area contributed by atoms with E-state index in [0.717, 1.165) is 12.0 Å². The van der Waals surface area contributed by atoms with Crippen molar-refractivity contribution in [1.82, 2.24) is 15.1 Å². The number of amides is 2. The van der Waals surface area contributed by atoms with Crippen molar-refractivity contribution < 1.29 is 14.0 Å². The van der Waals surface area contributed by atoms with Crippen molar-refractivity contribution in [3.63, 3.8) is 0 Å². The maximum absolute atomic E-state index is 13.8. The first-order valence-electron chi connectivity index (χ1n) is 10.1. The third-order valence-corrected chi connectivity index (χ3v) is 5.76. The van der Waals surface area contributed by atoms with Gasteiger partial charge in [0.25, 0.3) is 0 Å². The molecule has 1 N–H and O–H groups in total. The van der Waals surface area contributed by atoms with Crippen molar-refractivity contribution in [1.29, 1.82) is 0 Å². The number of benzene rings is 2. The Morgan fingerprint density at radius 1 is 1.20 bits per heavy atom. The highest BCUT2D eigenvalue weighted by atomic mass is 35.5. The molecule has 1 saturated heterocycles. The Morgan fingerprint density at radius 2 is 1.87 bits per heavy atom. The van der Waals surface area contributed by atoms with E-state index < -0.39 is 11.9 Å². The van der Waals surface area contributed by atoms with Crippen LogP contribution in [0.5, 0.6) is 0 Å². The second kappa shape index (κ2) is 10.0. The first kappa shape index (κ1) is 22.2. The molecule has 1 atom stereocenters. The summed E-state index contributed by atoms with van der Waals surface area (Å²) in [6.07, 6.45) is 1.05. The molecule has 30 heavy (non-hydrogen) atoms. The van der Waals surface area contributed by atoms with Gasteiger partial charge in [0.2, 0.25) is 11.8 Å². The van der Waals surface area contributed by atoms with E-state index in [0.29, 0.717) is 31.7 Å². The Labute approximate surface area is 181 Å². The average Bonchev–Trinajstić information content (AvgIpc) is 2.73. The van der Waals surface area contributed by atoms with E-state index in [-0.39, 0.29) is 23.3 Å². The number of rotatable bonds is 7. The number of nitrogens with zero attached hydrogens (tertiary/aromatic N) is 2. The molecule has 2 aromatic rings. The van der Waals surface area contributed by atoms with Gasteiger partial charge in [0.05, 0.1) is 17.5 Å². The second-order valence-corrected chi connectivity index (χ2v) is 8.06. The Hall–Kier alpha value is -2.44. The Kier molecular flexibility index (Phi) is 7.45. The smallest absolute Gasteiger partial charge is 0.237 e. The van der Waals surface area contributed by atoms with Gasteiger partial charge in [0.15, 0.2) is 0 Å². The molecule has 160 valence electrons. The van der Waals surface area contributed by atoms with Crippen molar-refractivity contribution in [3.05, 3.63) is 70.0 Å². The molecule has 7 heteroatoms. The summed E-state index contributed by atoms with van der Waals surface area (Å²) in [6, 6.07) is 12.2. The second-order valence-electron chi connectivity index (χ2n) is 7.65. The van der Waals surface area contributed by atoms with Gasteiger partial charge in [-0.25, -0.2) is 4.39 Å². The molecule has 1 unspecified atom stereocenters. The molecule has 0 saturated carbocycles. The summed E-state index contributed by atoms with van der Waals surface area (Å²) in [6.45, 7) is 4.06. The van der Waals surface area contributed by atoms with Crippen LogP contribution in [0.2, 0.25) is 5.02 Å². The zero-order valence-corrected chi connectivity index (χ0v) is 18.1. The van der Waals surface area contributed by atoms with E-state index >= 15 is 0 Å². The summed E-state index contributed by atoms with van der Waals surface area (Å²) in [4.78, 5) is 28.9. The Bertz CT molecular complexity index is 904. The van der Waals surface area contributed by atoms with Crippen molar-refractivity contribution >= 4 is 23.4 Å². The van der Waals surface area contributed by atoms with Crippen LogP contribution in [0, 0.1) is 5.82 Å². The lowest BCUT2D eigenvalue weighted by Crippen LogP contribution is -2.56. The quantitative estimate of drug-likeness (QED) is 0.731. The van der Waals surface area contributed by atoms with E-state index in [2.05, 4.69) is 24.4 Å². The van der Waals surface area contributed by atoms with Crippen LogP contribution < -0.4 is 5.32 Å². The lowest BCUT2D eigenvalue weighted by atomic mass is 10.1. The molecule has 1 fully saturated rings. The lowest BCUT2D eigenvalue weighted by molar-refractivity contribution is -0.138. The maximum Gasteiger partial charge on any atom is 0.237 e. The predicted octanol–water partition coefficient (Wildman–Crippen LogP) is 3.39. The zero-order valence-electron chi connectivity index (χ0n) is 17.3. The normalized spacial score (nSPS) is 16.9. The van der Waals surface area contributed by atoms with Crippen LogP contribution in [0.25, 0.3) is 0 Å². The fourth-order valence-electron chi connectivity index (χ4n) is 3.61. The van der Waals surface area contributed by atoms with Crippen molar-refractivity contribution in [2.24, 2.45) is 0 Å². The topological polar surface area (TPSA) is 52.7 Å². The molecule has 2 aromatic carbocycles. The van der Waals surface area contributed by atoms with E-state index in [1.54, 1.807) is 18.0 Å². The summed E-state index contributed by atoms with van der Waals surface area (Å²) in [5.41, 5.74) is 3.01. The zero-order chi connectivity index (χ0) is 21.7. The van der Waals surface area contributed by atoms with Gasteiger partial charge in [0, 0.05) is 33.2 Å². The van der Waals surface area contributed by atoms with Gasteiger partial charge in [-0.15, -0.1) is 0 Å². The molecule has 0 radical (unpaired) electrons. The van der Waals surface area contributed by atoms with Gasteiger partial charge in [0.1, 0.15) is 5.82 Å². The summed E-state index contributed by atoms with van der Waals surface area (Å²) < 4.78 is 13.8. The van der Waals surface area contributed by atoms with Crippen LogP contribution in [0.4, 0.5) is 4.39 Å². The van der Waals surface area contributed by atoms with Crippen LogP contribution in [-0.2, 0) is 29.1 Å². The number of carbonyl (C=O) groups excluding carboxylic acids is 2. The number of hydrogen-bond acceptors (Lipinski definition) is 3. The molecule has 0 aromatic heterocycles. The number of nitrogens with one attached hydrogen (secondary N) is 1. The van der Waals surface area contributed by atoms with Crippen molar-refractivity contribution in [3.8, 4) is 0 Å². The third-order valence-electron chi connectivity index (χ3n) is 5.46. The fourth-order valence-corrected chi connectivity index (χ4v) is 3.73. The van der Waals surface area contributed by atoms with Gasteiger partial charge in [-0.3, -0.25) is 14.5 Å². The minimum absolute atomic E-state index is 0.0652. The molecule has 1 aliphatic heterocycles. The van der Waals surface area contributed by atoms with E-state index in [4.69, 9.17) is 11.6 Å². The lowest BCUT2D eigenvalue weighted by Gasteiger charge is -2.35. The first-order valence-corrected chi connectivity index (χ1v) is 10.5. The molecule has 1 heterocycles. The summed E-state index contributed by atoms with van der Waals surface area (Å²) in [7, 11) is 1.75. The Morgan fingerprint density at radius 3 is 2.53 bits per heavy atom. The van der Waals surface area contributed by atoms with Crippen LogP contribution in [-0.4, -0.2) is 47.8 Å². The van der Waals surface area contributed by atoms with Gasteiger partial charge in [-0.2, -0.15) is 0 Å². The minimum Gasteiger partial charge on any atom is -0.353 e. The van der Waals surface area contributed by atoms with Gasteiger partial charge in [-0.1, -0.05) is 48.9 Å². The molecule has 2 amide bonds. The summed E-state index contributed by atoms with van der Waals surface area (Å²) in [5, 5.41) is 2.89. The Balaban J connectivity index is 1.65. The number of hydrogen-bond donors (Lipinski definition) is 1. The van der Waals surface area contributed by atoms with Crippen molar-refractivity contribution in [2.75, 3.05) is 20.1 Å². The molecule has 3 rings (SSSR count). The van der Waals surface area contributed by atoms with E-state index in [1.165, 1.54) is 17.7 Å². The van der Waals surface area contributed by atoms with Gasteiger partial charge < -0.3 is 10.2 Å². The van der Waals surface area contributed by atoms with E-state index in [1.807, 2.05) is 17.0 Å². The molecular weight excluding hydrogens is 405 g/mol. The third kappa shape index (κ3) is 5.58. The van der Waals surface area contributed by atoms with Gasteiger partial charge >= 0.3 is 0 Å². The largest absolute Gasteiger partial charge is 0.353 e. The van der Waals surface area contributed by atoms with Crippen LogP contribution in [0.3, 0.4) is 0 Å². The number of carbonyl (C=O) groups is 2. The molecule has 0 aliphatic carbocycles. The first-order chi connectivity index (χ1) is 14.4. The highest BCUT2D eigenvalue weighted by Crippen LogP contribution is 2.20. The molecule has 1 aliphatic rings. The number of halogens is 2. The number of piperazine rings is 1. The van der Waals surface area contributed by atoms with Crippen LogP contribution in [0.1, 0.15) is 30.0 Å².